The van der Waals surface area contributed by atoms with Gasteiger partial charge >= 0.3 is 5.97 Å². The lowest BCUT2D eigenvalue weighted by molar-refractivity contribution is -0.142. The molecule has 1 fully saturated rings. The molecule has 2 aromatic heterocycles. The summed E-state index contributed by atoms with van der Waals surface area (Å²) in [6.07, 6.45) is 3.71. The van der Waals surface area contributed by atoms with Crippen LogP contribution in [0, 0.1) is 11.3 Å². The van der Waals surface area contributed by atoms with Crippen molar-refractivity contribution < 1.29 is 92.3 Å². The number of para-hydroxylation sites is 1. The minimum atomic E-state index is -1.83. The number of phenolic OH excluding ortho intramolecular Hbond substituents is 1. The highest BCUT2D eigenvalue weighted by Gasteiger charge is 2.41. The molecule has 6 rings (SSSR count). The number of aromatic hydroxyl groups is 1. The van der Waals surface area contributed by atoms with E-state index in [1.54, 1.807) is 81.6 Å². The Morgan fingerprint density at radius 1 is 0.559 bits per heavy atom. The van der Waals surface area contributed by atoms with E-state index in [1.807, 2.05) is 0 Å². The van der Waals surface area contributed by atoms with Crippen LogP contribution in [0.5, 0.6) is 5.75 Å². The molecule has 12 atom stereocenters. The zero-order valence-corrected chi connectivity index (χ0v) is 66.3. The van der Waals surface area contributed by atoms with Crippen molar-refractivity contribution in [3.63, 3.8) is 0 Å². The Kier molecular flexibility index (Phi) is 38.4. The lowest BCUT2D eigenvalue weighted by Crippen LogP contribution is -2.61. The molecule has 0 bridgehead atoms. The number of amides is 14. The van der Waals surface area contributed by atoms with Crippen molar-refractivity contribution >= 4 is 106 Å². The summed E-state index contributed by atoms with van der Waals surface area (Å²) in [5, 5.41) is 81.9. The number of rotatable bonds is 50. The maximum atomic E-state index is 15.2. The summed E-state index contributed by atoms with van der Waals surface area (Å²) in [4.78, 5) is 220. The second-order valence-electron chi connectivity index (χ2n) is 29.0. The van der Waals surface area contributed by atoms with Gasteiger partial charge in [0.15, 0.2) is 5.96 Å². The Bertz CT molecular complexity index is 4240. The molecular weight excluding hydrogens is 1530 g/mol. The summed E-state index contributed by atoms with van der Waals surface area (Å²) in [5.41, 5.74) is 19.3. The molecule has 40 nitrogen and oxygen atoms in total. The predicted octanol–water partition coefficient (Wildman–Crippen LogP) is -4.10. The van der Waals surface area contributed by atoms with Crippen molar-refractivity contribution in [1.82, 2.24) is 89.0 Å². The largest absolute Gasteiger partial charge is 0.508 e. The molecule has 40 heteroatoms. The predicted molar refractivity (Wildman–Crippen MR) is 428 cm³/mol. The number of benzene rings is 3. The Labute approximate surface area is 680 Å². The molecule has 0 aliphatic carbocycles. The lowest BCUT2D eigenvalue weighted by atomic mass is 10.0. The number of guanidine groups is 1. The first-order chi connectivity index (χ1) is 56.3. The molecule has 118 heavy (non-hydrogen) atoms. The van der Waals surface area contributed by atoms with Crippen molar-refractivity contribution in [2.24, 2.45) is 23.1 Å². The highest BCUT2D eigenvalue weighted by molar-refractivity contribution is 6.00. The van der Waals surface area contributed by atoms with E-state index in [0.717, 1.165) is 6.92 Å². The smallest absolute Gasteiger partial charge is 0.303 e. The van der Waals surface area contributed by atoms with Gasteiger partial charge in [-0.2, -0.15) is 0 Å². The van der Waals surface area contributed by atoms with Crippen molar-refractivity contribution in [3.8, 4) is 5.75 Å². The van der Waals surface area contributed by atoms with Crippen molar-refractivity contribution in [3.05, 3.63) is 120 Å². The number of aliphatic carboxylic acids is 1. The van der Waals surface area contributed by atoms with Gasteiger partial charge in [0.1, 0.15) is 78.3 Å². The van der Waals surface area contributed by atoms with Crippen LogP contribution in [0.1, 0.15) is 127 Å². The van der Waals surface area contributed by atoms with E-state index >= 15 is 14.4 Å². The standard InChI is InChI=1S/C78H111N21O19/c1-5-6-19-52(91-75(116)61(41-101)97-72(113)57(34-46-24-26-49(103)27-25-46)94-74(115)60(40-100)88-44(4)102)68(109)92-54(28-29-64(105)106)70(111)96-59(36-48-38-83-42-87-48)73(114)93-56(33-45-16-8-7-9-17-45)71(112)90-53(22-14-31-84-78(81)82)69(110)95-58(35-47-37-85-51-20-11-10-18-50(47)51)67(108)86-39-63(104)89-55(21-12-13-30-79)77(118)99-32-15-23-62(99)76(117)98-65(43(2)3)66(80)107/h7-11,16-18,20,24-27,37-38,42-43,52-62,65,85,100-101,103H,5-6,12-15,19,21-23,28-36,39-41,79H2,1-4H3,(H2,80,107)(H,83,87)(H,86,108)(H,88,102)(H,89,104)(H,90,112)(H,91,116)(H,92,109)(H,93,114)(H,94,115)(H,95,110)(H,96,111)(H,97,113)(H,98,117)(H,105,106)(H4,81,82,84)/t52-,53-,54-,55-,56+,57-,58-,59-,60-,61+,62-,65-/m0/s1. The summed E-state index contributed by atoms with van der Waals surface area (Å²) in [5.74, 6) is -15.1. The molecule has 0 spiro atoms. The number of imidazole rings is 1. The van der Waals surface area contributed by atoms with Gasteiger partial charge in [0.05, 0.1) is 26.1 Å². The second kappa shape index (κ2) is 48.1. The normalized spacial score (nSPS) is 15.2. The van der Waals surface area contributed by atoms with Gasteiger partial charge in [0.25, 0.3) is 0 Å². The molecule has 0 saturated carbocycles. The van der Waals surface area contributed by atoms with E-state index in [9.17, 15) is 78.0 Å². The highest BCUT2D eigenvalue weighted by Crippen LogP contribution is 2.23. The van der Waals surface area contributed by atoms with Crippen LogP contribution < -0.4 is 86.3 Å². The number of hydrogen-bond acceptors (Lipinski definition) is 21. The van der Waals surface area contributed by atoms with Crippen LogP contribution in [0.25, 0.3) is 10.9 Å². The zero-order chi connectivity index (χ0) is 86.5. The minimum absolute atomic E-state index is 0.00399. The van der Waals surface area contributed by atoms with Crippen molar-refractivity contribution in [2.45, 2.75) is 203 Å². The molecule has 0 radical (unpaired) electrons. The monoisotopic (exact) mass is 1650 g/mol. The lowest BCUT2D eigenvalue weighted by Gasteiger charge is -2.30. The third-order valence-electron chi connectivity index (χ3n) is 19.5. The Balaban J connectivity index is 1.25. The van der Waals surface area contributed by atoms with E-state index in [-0.39, 0.29) is 101 Å². The average Bonchev–Trinajstić information content (AvgIpc) is 1.64. The van der Waals surface area contributed by atoms with Crippen molar-refractivity contribution in [1.29, 1.82) is 5.41 Å². The Morgan fingerprint density at radius 2 is 1.07 bits per heavy atom. The fourth-order valence-electron chi connectivity index (χ4n) is 13.1. The number of phenols is 1. The maximum absolute atomic E-state index is 15.2. The molecule has 3 heterocycles. The molecule has 1 saturated heterocycles. The van der Waals surface area contributed by atoms with Crippen LogP contribution in [-0.2, 0) is 97.6 Å². The first-order valence-electron chi connectivity index (χ1n) is 39.1. The zero-order valence-electron chi connectivity index (χ0n) is 66.3. The van der Waals surface area contributed by atoms with E-state index < -0.39 is 200 Å². The number of carbonyl (C=O) groups excluding carboxylic acids is 14. The second-order valence-corrected chi connectivity index (χ2v) is 29.0. The number of aliphatic hydroxyl groups excluding tert-OH is 2. The van der Waals surface area contributed by atoms with Crippen LogP contribution >= 0.6 is 0 Å². The number of hydrogen-bond donors (Lipinski definition) is 23. The molecule has 1 aliphatic rings. The molecule has 642 valence electrons. The van der Waals surface area contributed by atoms with Gasteiger partial charge < -0.3 is 122 Å². The highest BCUT2D eigenvalue weighted by atomic mass is 16.4. The Morgan fingerprint density at radius 3 is 1.60 bits per heavy atom. The topological polar surface area (TPSA) is 643 Å². The number of primary amides is 1. The van der Waals surface area contributed by atoms with Crippen LogP contribution in [0.3, 0.4) is 0 Å². The number of likely N-dealkylation sites (tertiary alicyclic amines) is 1. The molecule has 1 aliphatic heterocycles. The van der Waals surface area contributed by atoms with E-state index in [1.165, 1.54) is 41.7 Å². The minimum Gasteiger partial charge on any atom is -0.508 e. The SMILES string of the molecule is CCCC[C@H](NC(=O)[C@@H](CO)NC(=O)[C@H](Cc1ccc(O)cc1)NC(=O)[C@H](CO)NC(C)=O)C(=O)N[C@@H](CCC(=O)O)C(=O)N[C@@H](Cc1cnc[nH]1)C(=O)N[C@H](Cc1ccccc1)C(=O)N[C@@H](CCCNC(=N)N)C(=O)N[C@@H](Cc1c[nH]c2ccccc12)C(=O)NCC(=O)N[C@@H](CCCCN)C(=O)N1CCC[C@H]1C(=O)N[C@H](C(N)=O)C(C)C. The quantitative estimate of drug-likeness (QED) is 0.01000. The number of fused-ring (bicyclic) bond motifs is 1. The number of carbonyl (C=O) groups is 15. The fraction of sp³-hybridized carbons (Fsp3) is 0.500. The number of nitrogens with zero attached hydrogens (tertiary/aromatic N) is 2. The van der Waals surface area contributed by atoms with Gasteiger partial charge in [0, 0.05) is 81.1 Å². The number of H-pyrrole nitrogens is 2. The number of aromatic nitrogens is 3. The molecule has 26 N–H and O–H groups in total. The summed E-state index contributed by atoms with van der Waals surface area (Å²) in [6, 6.07) is 3.00. The van der Waals surface area contributed by atoms with E-state index in [2.05, 4.69) is 84.1 Å². The van der Waals surface area contributed by atoms with Crippen LogP contribution in [0.4, 0.5) is 0 Å². The van der Waals surface area contributed by atoms with Gasteiger partial charge in [-0.25, -0.2) is 4.98 Å². The maximum Gasteiger partial charge on any atom is 0.303 e. The number of carboxylic acids is 1. The number of aliphatic hydroxyl groups is 2. The summed E-state index contributed by atoms with van der Waals surface area (Å²) >= 11 is 0. The summed E-state index contributed by atoms with van der Waals surface area (Å²) in [6.45, 7) is 3.96. The molecule has 3 aromatic carbocycles. The first-order valence-corrected chi connectivity index (χ1v) is 39.1. The third-order valence-corrected chi connectivity index (χ3v) is 19.5. The Hall–Kier alpha value is -12.6. The molecule has 14 amide bonds. The van der Waals surface area contributed by atoms with Crippen LogP contribution in [0.2, 0.25) is 0 Å². The average molecular weight is 1650 g/mol. The van der Waals surface area contributed by atoms with Crippen LogP contribution in [0.15, 0.2) is 97.6 Å². The van der Waals surface area contributed by atoms with E-state index in [0.29, 0.717) is 53.3 Å². The van der Waals surface area contributed by atoms with Gasteiger partial charge in [-0.3, -0.25) is 77.3 Å². The number of carboxylic acid groups (broad SMARTS) is 1. The van der Waals surface area contributed by atoms with Gasteiger partial charge in [-0.15, -0.1) is 0 Å². The first kappa shape index (κ1) is 94.3. The van der Waals surface area contributed by atoms with Crippen molar-refractivity contribution in [2.75, 3.05) is 39.4 Å². The number of nitrogens with one attached hydrogen (secondary N) is 16. The van der Waals surface area contributed by atoms with Crippen LogP contribution in [-0.4, -0.2) is 247 Å². The van der Waals surface area contributed by atoms with Gasteiger partial charge in [0.2, 0.25) is 82.7 Å². The van der Waals surface area contributed by atoms with E-state index in [4.69, 9.17) is 22.6 Å². The number of nitrogens with two attached hydrogens (primary N) is 3. The molecular formula is C78H111N21O19. The number of unbranched alkanes of at least 4 members (excludes halogenated alkanes) is 2. The van der Waals surface area contributed by atoms with Gasteiger partial charge in [-0.05, 0) is 105 Å². The molecule has 5 aromatic rings. The third kappa shape index (κ3) is 30.6. The van der Waals surface area contributed by atoms with Gasteiger partial charge in [-0.1, -0.05) is 94.3 Å². The fourth-order valence-corrected chi connectivity index (χ4v) is 13.1. The summed E-state index contributed by atoms with van der Waals surface area (Å²) in [7, 11) is 0. The number of aromatic amines is 2. The molecule has 0 unspecified atom stereocenters. The summed E-state index contributed by atoms with van der Waals surface area (Å²) < 4.78 is 0.